The predicted molar refractivity (Wildman–Crippen MR) is 90.0 cm³/mol. The number of rotatable bonds is 6. The Bertz CT molecular complexity index is 974. The third-order valence-corrected chi connectivity index (χ3v) is 5.13. The maximum atomic E-state index is 12.9. The average molecular weight is 382 g/mol. The minimum absolute atomic E-state index is 0.0174. The molecule has 1 N–H and O–H groups in total. The Kier molecular flexibility index (Phi) is 5.12. The molecule has 130 valence electrons. The Morgan fingerprint density at radius 2 is 1.80 bits per heavy atom. The van der Waals surface area contributed by atoms with Crippen molar-refractivity contribution in [1.82, 2.24) is 14.9 Å². The standard InChI is InChI=1S/C16H13ClFN3O3S/c17-14-4-2-1-3-13(14)16-21-20-15(24-16)9-10-19-25(22,23)12-7-5-11(18)6-8-12/h1-8,19H,9-10H2. The third-order valence-electron chi connectivity index (χ3n) is 3.33. The average Bonchev–Trinajstić information content (AvgIpc) is 3.04. The van der Waals surface area contributed by atoms with Crippen LogP contribution in [0.2, 0.25) is 5.02 Å². The van der Waals surface area contributed by atoms with Crippen molar-refractivity contribution in [2.75, 3.05) is 6.54 Å². The lowest BCUT2D eigenvalue weighted by molar-refractivity contribution is 0.502. The summed E-state index contributed by atoms with van der Waals surface area (Å²) in [6.07, 6.45) is 0.206. The van der Waals surface area contributed by atoms with Gasteiger partial charge in [-0.1, -0.05) is 23.7 Å². The molecule has 0 radical (unpaired) electrons. The Balaban J connectivity index is 1.63. The fourth-order valence-corrected chi connectivity index (χ4v) is 3.34. The van der Waals surface area contributed by atoms with Gasteiger partial charge in [-0.2, -0.15) is 0 Å². The van der Waals surface area contributed by atoms with E-state index in [1.54, 1.807) is 24.3 Å². The van der Waals surface area contributed by atoms with Crippen LogP contribution in [-0.2, 0) is 16.4 Å². The van der Waals surface area contributed by atoms with Gasteiger partial charge >= 0.3 is 0 Å². The lowest BCUT2D eigenvalue weighted by atomic mass is 10.2. The monoisotopic (exact) mass is 381 g/mol. The van der Waals surface area contributed by atoms with Gasteiger partial charge in [-0.3, -0.25) is 0 Å². The van der Waals surface area contributed by atoms with Crippen molar-refractivity contribution in [3.63, 3.8) is 0 Å². The molecule has 2 aromatic carbocycles. The van der Waals surface area contributed by atoms with Crippen LogP contribution in [0.5, 0.6) is 0 Å². The Labute approximate surface area is 148 Å². The quantitative estimate of drug-likeness (QED) is 0.709. The van der Waals surface area contributed by atoms with Crippen LogP contribution in [0.4, 0.5) is 4.39 Å². The highest BCUT2D eigenvalue weighted by atomic mass is 35.5. The highest BCUT2D eigenvalue weighted by molar-refractivity contribution is 7.89. The smallest absolute Gasteiger partial charge is 0.249 e. The van der Waals surface area contributed by atoms with E-state index in [-0.39, 0.29) is 29.6 Å². The summed E-state index contributed by atoms with van der Waals surface area (Å²) in [6.45, 7) is 0.0594. The van der Waals surface area contributed by atoms with Crippen molar-refractivity contribution in [2.45, 2.75) is 11.3 Å². The zero-order valence-electron chi connectivity index (χ0n) is 12.8. The molecule has 0 aliphatic carbocycles. The van der Waals surface area contributed by atoms with E-state index >= 15 is 0 Å². The second kappa shape index (κ2) is 7.30. The van der Waals surface area contributed by atoms with E-state index in [1.807, 2.05) is 0 Å². The molecule has 6 nitrogen and oxygen atoms in total. The molecule has 1 aromatic heterocycles. The largest absolute Gasteiger partial charge is 0.421 e. The number of benzene rings is 2. The summed E-state index contributed by atoms with van der Waals surface area (Å²) in [6, 6.07) is 11.6. The number of aromatic nitrogens is 2. The van der Waals surface area contributed by atoms with E-state index in [0.717, 1.165) is 12.1 Å². The zero-order valence-corrected chi connectivity index (χ0v) is 14.4. The van der Waals surface area contributed by atoms with Crippen LogP contribution < -0.4 is 4.72 Å². The molecule has 0 aliphatic heterocycles. The molecular formula is C16H13ClFN3O3S. The van der Waals surface area contributed by atoms with Crippen LogP contribution in [0.25, 0.3) is 11.5 Å². The first kappa shape index (κ1) is 17.5. The van der Waals surface area contributed by atoms with Crippen LogP contribution in [0.15, 0.2) is 57.8 Å². The first-order chi connectivity index (χ1) is 12.0. The van der Waals surface area contributed by atoms with Gasteiger partial charge in [0.15, 0.2) is 0 Å². The summed E-state index contributed by atoms with van der Waals surface area (Å²) in [5.41, 5.74) is 0.606. The SMILES string of the molecule is O=S(=O)(NCCc1nnc(-c2ccccc2Cl)o1)c1ccc(F)cc1. The molecule has 3 rings (SSSR count). The van der Waals surface area contributed by atoms with Crippen molar-refractivity contribution in [1.29, 1.82) is 0 Å². The number of sulfonamides is 1. The minimum atomic E-state index is -3.73. The van der Waals surface area contributed by atoms with Crippen LogP contribution in [0.3, 0.4) is 0 Å². The molecular weight excluding hydrogens is 369 g/mol. The number of nitrogens with one attached hydrogen (secondary N) is 1. The number of hydrogen-bond donors (Lipinski definition) is 1. The molecule has 0 amide bonds. The minimum Gasteiger partial charge on any atom is -0.421 e. The van der Waals surface area contributed by atoms with Gasteiger partial charge < -0.3 is 4.42 Å². The van der Waals surface area contributed by atoms with E-state index in [4.69, 9.17) is 16.0 Å². The zero-order chi connectivity index (χ0) is 17.9. The van der Waals surface area contributed by atoms with Crippen LogP contribution >= 0.6 is 11.6 Å². The van der Waals surface area contributed by atoms with E-state index in [0.29, 0.717) is 10.6 Å². The molecule has 0 bridgehead atoms. The summed E-state index contributed by atoms with van der Waals surface area (Å²) in [5, 5.41) is 8.27. The lowest BCUT2D eigenvalue weighted by Gasteiger charge is -2.05. The van der Waals surface area contributed by atoms with Gasteiger partial charge in [-0.25, -0.2) is 17.5 Å². The van der Waals surface area contributed by atoms with Gasteiger partial charge in [0.1, 0.15) is 5.82 Å². The maximum Gasteiger partial charge on any atom is 0.249 e. The maximum absolute atomic E-state index is 12.9. The highest BCUT2D eigenvalue weighted by Gasteiger charge is 2.15. The van der Waals surface area contributed by atoms with E-state index in [2.05, 4.69) is 14.9 Å². The normalized spacial score (nSPS) is 11.6. The van der Waals surface area contributed by atoms with E-state index in [9.17, 15) is 12.8 Å². The molecule has 0 unspecified atom stereocenters. The summed E-state index contributed by atoms with van der Waals surface area (Å²) in [5.74, 6) is 0.0376. The van der Waals surface area contributed by atoms with Crippen LogP contribution in [0.1, 0.15) is 5.89 Å². The van der Waals surface area contributed by atoms with Crippen molar-refractivity contribution in [3.8, 4) is 11.5 Å². The van der Waals surface area contributed by atoms with Crippen LogP contribution in [-0.4, -0.2) is 25.2 Å². The summed E-state index contributed by atoms with van der Waals surface area (Å²) >= 11 is 6.07. The van der Waals surface area contributed by atoms with Gasteiger partial charge in [0.25, 0.3) is 0 Å². The number of hydrogen-bond acceptors (Lipinski definition) is 5. The molecule has 0 aliphatic rings. The van der Waals surface area contributed by atoms with Crippen molar-refractivity contribution >= 4 is 21.6 Å². The topological polar surface area (TPSA) is 85.1 Å². The van der Waals surface area contributed by atoms with Crippen molar-refractivity contribution in [2.24, 2.45) is 0 Å². The van der Waals surface area contributed by atoms with Gasteiger partial charge in [-0.15, -0.1) is 10.2 Å². The summed E-state index contributed by atoms with van der Waals surface area (Å²) in [4.78, 5) is -0.0174. The van der Waals surface area contributed by atoms with E-state index in [1.165, 1.54) is 12.1 Å². The molecule has 3 aromatic rings. The molecule has 9 heteroatoms. The second-order valence-corrected chi connectivity index (χ2v) is 7.26. The van der Waals surface area contributed by atoms with Gasteiger partial charge in [0, 0.05) is 13.0 Å². The second-order valence-electron chi connectivity index (χ2n) is 5.08. The van der Waals surface area contributed by atoms with Gasteiger partial charge in [0.2, 0.25) is 21.8 Å². The van der Waals surface area contributed by atoms with Crippen LogP contribution in [0, 0.1) is 5.82 Å². The first-order valence-corrected chi connectivity index (χ1v) is 9.14. The third kappa shape index (κ3) is 4.22. The summed E-state index contributed by atoms with van der Waals surface area (Å²) in [7, 11) is -3.73. The van der Waals surface area contributed by atoms with E-state index < -0.39 is 15.8 Å². The number of nitrogens with zero attached hydrogens (tertiary/aromatic N) is 2. The van der Waals surface area contributed by atoms with Crippen molar-refractivity contribution in [3.05, 3.63) is 65.3 Å². The fraction of sp³-hybridized carbons (Fsp3) is 0.125. The predicted octanol–water partition coefficient (Wildman–Crippen LogP) is 3.05. The molecule has 0 saturated heterocycles. The molecule has 25 heavy (non-hydrogen) atoms. The molecule has 0 fully saturated rings. The molecule has 0 spiro atoms. The fourth-order valence-electron chi connectivity index (χ4n) is 2.09. The Morgan fingerprint density at radius 1 is 1.08 bits per heavy atom. The lowest BCUT2D eigenvalue weighted by Crippen LogP contribution is -2.26. The molecule has 0 saturated carbocycles. The Morgan fingerprint density at radius 3 is 2.52 bits per heavy atom. The highest BCUT2D eigenvalue weighted by Crippen LogP contribution is 2.26. The number of halogens is 2. The first-order valence-electron chi connectivity index (χ1n) is 7.28. The Hall–Kier alpha value is -2.29. The molecule has 1 heterocycles. The van der Waals surface area contributed by atoms with Gasteiger partial charge in [-0.05, 0) is 36.4 Å². The van der Waals surface area contributed by atoms with Crippen molar-refractivity contribution < 1.29 is 17.2 Å². The van der Waals surface area contributed by atoms with Gasteiger partial charge in [0.05, 0.1) is 15.5 Å². The summed E-state index contributed by atoms with van der Waals surface area (Å²) < 4.78 is 44.9. The molecule has 0 atom stereocenters.